The van der Waals surface area contributed by atoms with Gasteiger partial charge in [0.1, 0.15) is 0 Å². The Morgan fingerprint density at radius 1 is 1.47 bits per heavy atom. The van der Waals surface area contributed by atoms with Gasteiger partial charge >= 0.3 is 12.0 Å². The molecule has 0 saturated carbocycles. The first-order valence-corrected chi connectivity index (χ1v) is 5.49. The number of nitrogens with one attached hydrogen (secondary N) is 1. The summed E-state index contributed by atoms with van der Waals surface area (Å²) >= 11 is 0. The summed E-state index contributed by atoms with van der Waals surface area (Å²) in [5, 5.41) is 19.8. The molecule has 0 radical (unpaired) electrons. The summed E-state index contributed by atoms with van der Waals surface area (Å²) in [7, 11) is 1.60. The molecule has 0 aromatic carbocycles. The lowest BCUT2D eigenvalue weighted by molar-refractivity contribution is -0.137. The summed E-state index contributed by atoms with van der Waals surface area (Å²) in [4.78, 5) is 23.4. The molecule has 0 bridgehead atoms. The fourth-order valence-corrected chi connectivity index (χ4v) is 1.27. The first-order chi connectivity index (χ1) is 7.86. The molecule has 0 aromatic heterocycles. The first-order valence-electron chi connectivity index (χ1n) is 5.49. The molecule has 0 fully saturated rings. The molecular weight excluding hydrogens is 222 g/mol. The van der Waals surface area contributed by atoms with Crippen molar-refractivity contribution in [2.24, 2.45) is 5.92 Å². The van der Waals surface area contributed by atoms with Gasteiger partial charge in [-0.15, -0.1) is 0 Å². The highest BCUT2D eigenvalue weighted by molar-refractivity contribution is 5.74. The lowest BCUT2D eigenvalue weighted by Gasteiger charge is -2.21. The summed E-state index contributed by atoms with van der Waals surface area (Å²) in [5.74, 6) is -1.10. The number of carboxylic acid groups (broad SMARTS) is 1. The maximum atomic E-state index is 11.6. The minimum absolute atomic E-state index is 0.0275. The van der Waals surface area contributed by atoms with Crippen molar-refractivity contribution in [3.63, 3.8) is 0 Å². The maximum absolute atomic E-state index is 11.6. The van der Waals surface area contributed by atoms with Gasteiger partial charge in [-0.25, -0.2) is 4.79 Å². The first kappa shape index (κ1) is 15.2. The number of hydrogen-bond acceptors (Lipinski definition) is 3. The van der Waals surface area contributed by atoms with Crippen molar-refractivity contribution >= 4 is 12.0 Å². The van der Waals surface area contributed by atoms with Gasteiger partial charge in [0.15, 0.2) is 0 Å². The van der Waals surface area contributed by atoms with Crippen LogP contribution in [0.5, 0.6) is 0 Å². The second-order valence-corrected chi connectivity index (χ2v) is 4.19. The molecule has 6 nitrogen and oxygen atoms in total. The topological polar surface area (TPSA) is 93.4 Å². The van der Waals surface area contributed by atoms with E-state index < -0.39 is 5.97 Å². The average Bonchev–Trinajstić information content (AvgIpc) is 2.25. The predicted molar refractivity (Wildman–Crippen MR) is 62.3 cm³/mol. The van der Waals surface area contributed by atoms with Crippen LogP contribution in [-0.2, 0) is 4.79 Å². The van der Waals surface area contributed by atoms with Crippen molar-refractivity contribution in [2.75, 3.05) is 13.6 Å². The maximum Gasteiger partial charge on any atom is 0.317 e. The SMILES string of the molecule is CC(C#N)CN(C)C(=O)NC(C)CCC(=O)O. The molecule has 0 aliphatic rings. The number of nitrogens with zero attached hydrogens (tertiary/aromatic N) is 2. The molecule has 0 aliphatic carbocycles. The molecule has 6 heteroatoms. The summed E-state index contributed by atoms with van der Waals surface area (Å²) in [6, 6.07) is 1.56. The van der Waals surface area contributed by atoms with Gasteiger partial charge in [-0.05, 0) is 20.3 Å². The van der Waals surface area contributed by atoms with Crippen molar-refractivity contribution in [1.82, 2.24) is 10.2 Å². The van der Waals surface area contributed by atoms with E-state index in [0.29, 0.717) is 13.0 Å². The third kappa shape index (κ3) is 7.17. The van der Waals surface area contributed by atoms with E-state index in [1.807, 2.05) is 6.07 Å². The molecule has 17 heavy (non-hydrogen) atoms. The number of nitriles is 1. The van der Waals surface area contributed by atoms with E-state index >= 15 is 0 Å². The van der Waals surface area contributed by atoms with Gasteiger partial charge in [0, 0.05) is 26.1 Å². The fourth-order valence-electron chi connectivity index (χ4n) is 1.27. The normalized spacial score (nSPS) is 13.3. The van der Waals surface area contributed by atoms with Crippen LogP contribution in [-0.4, -0.2) is 41.6 Å². The highest BCUT2D eigenvalue weighted by atomic mass is 16.4. The number of rotatable bonds is 6. The van der Waals surface area contributed by atoms with E-state index in [0.717, 1.165) is 0 Å². The largest absolute Gasteiger partial charge is 0.481 e. The van der Waals surface area contributed by atoms with E-state index in [1.54, 1.807) is 20.9 Å². The van der Waals surface area contributed by atoms with Crippen LogP contribution in [0.4, 0.5) is 4.79 Å². The van der Waals surface area contributed by atoms with Gasteiger partial charge in [-0.3, -0.25) is 4.79 Å². The number of amides is 2. The molecule has 2 N–H and O–H groups in total. The molecule has 2 unspecified atom stereocenters. The Balaban J connectivity index is 3.99. The van der Waals surface area contributed by atoms with Gasteiger partial charge < -0.3 is 15.3 Å². The van der Waals surface area contributed by atoms with Gasteiger partial charge in [0.05, 0.1) is 12.0 Å². The summed E-state index contributed by atoms with van der Waals surface area (Å²) < 4.78 is 0. The van der Waals surface area contributed by atoms with Crippen LogP contribution < -0.4 is 5.32 Å². The zero-order chi connectivity index (χ0) is 13.4. The van der Waals surface area contributed by atoms with Gasteiger partial charge in [-0.1, -0.05) is 0 Å². The number of urea groups is 1. The van der Waals surface area contributed by atoms with Gasteiger partial charge in [0.25, 0.3) is 0 Å². The number of aliphatic carboxylic acids is 1. The van der Waals surface area contributed by atoms with Crippen molar-refractivity contribution in [2.45, 2.75) is 32.7 Å². The van der Waals surface area contributed by atoms with E-state index in [1.165, 1.54) is 4.90 Å². The van der Waals surface area contributed by atoms with Crippen LogP contribution in [0.1, 0.15) is 26.7 Å². The molecule has 0 spiro atoms. The van der Waals surface area contributed by atoms with Crippen LogP contribution in [0.3, 0.4) is 0 Å². The number of carbonyl (C=O) groups excluding carboxylic acids is 1. The summed E-state index contributed by atoms with van der Waals surface area (Å²) in [6.07, 6.45) is 0.419. The molecular formula is C11H19N3O3. The monoisotopic (exact) mass is 241 g/mol. The van der Waals surface area contributed by atoms with Crippen LogP contribution in [0.25, 0.3) is 0 Å². The third-order valence-electron chi connectivity index (χ3n) is 2.28. The molecule has 2 atom stereocenters. The predicted octanol–water partition coefficient (Wildman–Crippen LogP) is 1.04. The van der Waals surface area contributed by atoms with Crippen molar-refractivity contribution in [3.05, 3.63) is 0 Å². The second-order valence-electron chi connectivity index (χ2n) is 4.19. The van der Waals surface area contributed by atoms with E-state index in [4.69, 9.17) is 10.4 Å². The second kappa shape index (κ2) is 7.49. The van der Waals surface area contributed by atoms with Crippen molar-refractivity contribution in [1.29, 1.82) is 5.26 Å². The van der Waals surface area contributed by atoms with Crippen molar-refractivity contribution < 1.29 is 14.7 Å². The number of carbonyl (C=O) groups is 2. The number of hydrogen-bond donors (Lipinski definition) is 2. The quantitative estimate of drug-likeness (QED) is 0.726. The van der Waals surface area contributed by atoms with E-state index in [9.17, 15) is 9.59 Å². The Morgan fingerprint density at radius 3 is 2.53 bits per heavy atom. The minimum atomic E-state index is -0.877. The average molecular weight is 241 g/mol. The van der Waals surface area contributed by atoms with Crippen molar-refractivity contribution in [3.8, 4) is 6.07 Å². The zero-order valence-corrected chi connectivity index (χ0v) is 10.4. The molecule has 0 aromatic rings. The van der Waals surface area contributed by atoms with Crippen LogP contribution in [0.2, 0.25) is 0 Å². The Labute approximate surface area is 101 Å². The molecule has 0 rings (SSSR count). The fraction of sp³-hybridized carbons (Fsp3) is 0.727. The molecule has 2 amide bonds. The van der Waals surface area contributed by atoms with E-state index in [-0.39, 0.29) is 24.4 Å². The lowest BCUT2D eigenvalue weighted by Crippen LogP contribution is -2.43. The van der Waals surface area contributed by atoms with Crippen LogP contribution in [0.15, 0.2) is 0 Å². The minimum Gasteiger partial charge on any atom is -0.481 e. The molecule has 96 valence electrons. The summed E-state index contributed by atoms with van der Waals surface area (Å²) in [5.41, 5.74) is 0. The highest BCUT2D eigenvalue weighted by Gasteiger charge is 2.14. The lowest BCUT2D eigenvalue weighted by atomic mass is 10.2. The van der Waals surface area contributed by atoms with Crippen LogP contribution in [0, 0.1) is 17.2 Å². The highest BCUT2D eigenvalue weighted by Crippen LogP contribution is 2.00. The smallest absolute Gasteiger partial charge is 0.317 e. The third-order valence-corrected chi connectivity index (χ3v) is 2.28. The Kier molecular flexibility index (Phi) is 6.71. The Hall–Kier alpha value is -1.77. The molecule has 0 saturated heterocycles. The molecule has 0 heterocycles. The van der Waals surface area contributed by atoms with Crippen LogP contribution >= 0.6 is 0 Å². The van der Waals surface area contributed by atoms with Gasteiger partial charge in [0.2, 0.25) is 0 Å². The van der Waals surface area contributed by atoms with Gasteiger partial charge in [-0.2, -0.15) is 5.26 Å². The standard InChI is InChI=1S/C11H19N3O3/c1-8(6-12)7-14(3)11(17)13-9(2)4-5-10(15)16/h8-9H,4-5,7H2,1-3H3,(H,13,17)(H,15,16). The van der Waals surface area contributed by atoms with E-state index in [2.05, 4.69) is 5.32 Å². The number of carboxylic acids is 1. The Morgan fingerprint density at radius 2 is 2.06 bits per heavy atom. The summed E-state index contributed by atoms with van der Waals surface area (Å²) in [6.45, 7) is 3.84. The zero-order valence-electron chi connectivity index (χ0n) is 10.4. The Bertz CT molecular complexity index is 312. The molecule has 0 aliphatic heterocycles.